The summed E-state index contributed by atoms with van der Waals surface area (Å²) in [5.41, 5.74) is 26.0. The van der Waals surface area contributed by atoms with Crippen LogP contribution in [-0.2, 0) is 17.4 Å². The molecule has 0 saturated carbocycles. The molecular weight excluding hydrogens is 823 g/mol. The molecule has 0 radical (unpaired) electrons. The van der Waals surface area contributed by atoms with E-state index in [9.17, 15) is 0 Å². The molecule has 0 aromatic heterocycles. The first-order valence-corrected chi connectivity index (χ1v) is 23.4. The lowest BCUT2D eigenvalue weighted by Gasteiger charge is -2.50. The Hall–Kier alpha value is -8.66. The van der Waals surface area contributed by atoms with Crippen LogP contribution in [0.4, 0.5) is 0 Å². The first-order valence-electron chi connectivity index (χ1n) is 23.4. The summed E-state index contributed by atoms with van der Waals surface area (Å²) < 4.78 is 0. The van der Waals surface area contributed by atoms with Crippen LogP contribution >= 0.6 is 0 Å². The molecule has 10 aromatic carbocycles. The number of nitrogens with zero attached hydrogens (tertiary/aromatic N) is 2. The predicted octanol–water partition coefficient (Wildman–Crippen LogP) is 14.4. The van der Waals surface area contributed by atoms with Crippen LogP contribution in [0.5, 0.6) is 0 Å². The maximum Gasteiger partial charge on any atom is 0.157 e. The largest absolute Gasteiger partial charge is 0.383 e. The van der Waals surface area contributed by atoms with Crippen molar-refractivity contribution in [3.8, 4) is 33.4 Å². The standard InChI is InChI=1S/C65H47N3/c66-62(68-63(49-23-7-2-8-24-49)67-44-45-20-19-25-50(42-45)46-21-5-1-6-22-46)48-38-36-47(37-39-48)51-40-41-57-55(43-51)54-30-13-14-31-56(54)65(57)60-34-17-15-32-58(60)64(52-26-9-3-10-27-52,53-28-11-4-12-29-53)59-33-16-18-35-61(59)65/h1-43H,44H2,(H2,66,67,68). The minimum atomic E-state index is -0.539. The quantitative estimate of drug-likeness (QED) is 0.120. The van der Waals surface area contributed by atoms with Crippen molar-refractivity contribution in [2.45, 2.75) is 17.4 Å². The molecule has 0 unspecified atom stereocenters. The lowest BCUT2D eigenvalue weighted by molar-refractivity contribution is 0.623. The van der Waals surface area contributed by atoms with Gasteiger partial charge in [0.15, 0.2) is 5.84 Å². The normalized spacial score (nSPS) is 14.1. The van der Waals surface area contributed by atoms with Crippen LogP contribution < -0.4 is 5.73 Å². The zero-order valence-electron chi connectivity index (χ0n) is 37.5. The summed E-state index contributed by atoms with van der Waals surface area (Å²) in [5.74, 6) is 1.01. The smallest absolute Gasteiger partial charge is 0.157 e. The first-order chi connectivity index (χ1) is 33.6. The number of fused-ring (bicyclic) bond motifs is 9. The Morgan fingerprint density at radius 1 is 0.338 bits per heavy atom. The van der Waals surface area contributed by atoms with Gasteiger partial charge in [0.2, 0.25) is 0 Å². The molecule has 10 aromatic rings. The van der Waals surface area contributed by atoms with Crippen LogP contribution in [0.3, 0.4) is 0 Å². The van der Waals surface area contributed by atoms with Crippen molar-refractivity contribution < 1.29 is 0 Å². The number of nitrogens with two attached hydrogens (primary N) is 1. The molecule has 0 fully saturated rings. The molecule has 0 aliphatic heterocycles. The number of amidine groups is 2. The summed E-state index contributed by atoms with van der Waals surface area (Å²) in [6, 6.07) is 94.1. The highest BCUT2D eigenvalue weighted by Gasteiger charge is 2.56. The van der Waals surface area contributed by atoms with E-state index in [0.29, 0.717) is 18.2 Å². The van der Waals surface area contributed by atoms with Crippen molar-refractivity contribution in [2.75, 3.05) is 0 Å². The predicted molar refractivity (Wildman–Crippen MR) is 280 cm³/mol. The van der Waals surface area contributed by atoms with Crippen molar-refractivity contribution in [1.82, 2.24) is 0 Å². The van der Waals surface area contributed by atoms with Crippen molar-refractivity contribution in [1.29, 1.82) is 0 Å². The molecule has 2 aliphatic carbocycles. The van der Waals surface area contributed by atoms with Crippen LogP contribution in [-0.4, -0.2) is 11.7 Å². The zero-order valence-corrected chi connectivity index (χ0v) is 37.5. The van der Waals surface area contributed by atoms with Crippen LogP contribution in [0.2, 0.25) is 0 Å². The third-order valence-corrected chi connectivity index (χ3v) is 14.1. The fraction of sp³-hybridized carbons (Fsp3) is 0.0462. The molecule has 3 nitrogen and oxygen atoms in total. The van der Waals surface area contributed by atoms with Gasteiger partial charge in [-0.3, -0.25) is 4.99 Å². The first kappa shape index (κ1) is 40.8. The average Bonchev–Trinajstić information content (AvgIpc) is 3.71. The number of benzene rings is 10. The second-order valence-corrected chi connectivity index (χ2v) is 17.8. The van der Waals surface area contributed by atoms with E-state index in [1.165, 1.54) is 61.2 Å². The van der Waals surface area contributed by atoms with Gasteiger partial charge in [-0.05, 0) is 95.6 Å². The molecule has 12 rings (SSSR count). The highest BCUT2D eigenvalue weighted by Crippen LogP contribution is 2.64. The van der Waals surface area contributed by atoms with Gasteiger partial charge in [-0.2, -0.15) is 0 Å². The minimum Gasteiger partial charge on any atom is -0.383 e. The molecule has 0 saturated heterocycles. The van der Waals surface area contributed by atoms with Gasteiger partial charge in [-0.15, -0.1) is 0 Å². The van der Waals surface area contributed by atoms with Gasteiger partial charge in [0.1, 0.15) is 5.84 Å². The van der Waals surface area contributed by atoms with Gasteiger partial charge in [-0.25, -0.2) is 4.99 Å². The SMILES string of the molecule is NC(=NC(=NCc1cccc(-c2ccccc2)c1)c1ccccc1)c1ccc(-c2ccc3c(c2)-c2ccccc2C32c3ccccc3C(c3ccccc3)(c3ccccc3)c3ccccc32)cc1. The molecule has 0 bridgehead atoms. The Labute approximate surface area is 398 Å². The Bertz CT molecular complexity index is 3430. The van der Waals surface area contributed by atoms with Crippen molar-refractivity contribution in [3.63, 3.8) is 0 Å². The molecule has 3 heteroatoms. The Balaban J connectivity index is 0.934. The van der Waals surface area contributed by atoms with Gasteiger partial charge < -0.3 is 5.73 Å². The second kappa shape index (κ2) is 17.0. The third-order valence-electron chi connectivity index (χ3n) is 14.1. The molecule has 2 N–H and O–H groups in total. The summed E-state index contributed by atoms with van der Waals surface area (Å²) in [6.07, 6.45) is 0. The Morgan fingerprint density at radius 2 is 0.794 bits per heavy atom. The maximum atomic E-state index is 6.84. The number of aliphatic imine (C=N–C) groups is 2. The average molecular weight is 870 g/mol. The van der Waals surface area contributed by atoms with Gasteiger partial charge in [-0.1, -0.05) is 249 Å². The Morgan fingerprint density at radius 3 is 1.41 bits per heavy atom. The van der Waals surface area contributed by atoms with Crippen molar-refractivity contribution >= 4 is 11.7 Å². The van der Waals surface area contributed by atoms with E-state index in [-0.39, 0.29) is 0 Å². The molecule has 0 heterocycles. The lowest BCUT2D eigenvalue weighted by Crippen LogP contribution is -2.44. The van der Waals surface area contributed by atoms with E-state index >= 15 is 0 Å². The van der Waals surface area contributed by atoms with Crippen molar-refractivity contribution in [3.05, 3.63) is 322 Å². The van der Waals surface area contributed by atoms with E-state index in [4.69, 9.17) is 15.7 Å². The van der Waals surface area contributed by atoms with Crippen LogP contribution in [0.1, 0.15) is 61.2 Å². The molecule has 68 heavy (non-hydrogen) atoms. The third kappa shape index (κ3) is 6.58. The molecule has 1 spiro atoms. The molecule has 322 valence electrons. The van der Waals surface area contributed by atoms with Crippen LogP contribution in [0.15, 0.2) is 271 Å². The van der Waals surface area contributed by atoms with Gasteiger partial charge >= 0.3 is 0 Å². The fourth-order valence-electron chi connectivity index (χ4n) is 11.2. The van der Waals surface area contributed by atoms with Crippen molar-refractivity contribution in [2.24, 2.45) is 15.7 Å². The summed E-state index contributed by atoms with van der Waals surface area (Å²) >= 11 is 0. The zero-order chi connectivity index (χ0) is 45.5. The summed E-state index contributed by atoms with van der Waals surface area (Å²) in [6.45, 7) is 0.474. The van der Waals surface area contributed by atoms with E-state index in [0.717, 1.165) is 33.4 Å². The van der Waals surface area contributed by atoms with Gasteiger partial charge in [0.25, 0.3) is 0 Å². The van der Waals surface area contributed by atoms with Crippen LogP contribution in [0, 0.1) is 0 Å². The summed E-state index contributed by atoms with van der Waals surface area (Å²) in [5, 5.41) is 0. The van der Waals surface area contributed by atoms with E-state index in [2.05, 4.69) is 224 Å². The number of hydrogen-bond acceptors (Lipinski definition) is 1. The molecule has 0 atom stereocenters. The number of hydrogen-bond donors (Lipinski definition) is 1. The highest BCUT2D eigenvalue weighted by molar-refractivity contribution is 6.11. The summed E-state index contributed by atoms with van der Waals surface area (Å²) in [4.78, 5) is 10.00. The topological polar surface area (TPSA) is 50.7 Å². The molecule has 2 aliphatic rings. The van der Waals surface area contributed by atoms with E-state index in [1.807, 2.05) is 36.4 Å². The lowest BCUT2D eigenvalue weighted by atomic mass is 9.51. The monoisotopic (exact) mass is 869 g/mol. The minimum absolute atomic E-state index is 0.415. The fourth-order valence-corrected chi connectivity index (χ4v) is 11.2. The number of rotatable bonds is 8. The van der Waals surface area contributed by atoms with Gasteiger partial charge in [0, 0.05) is 11.1 Å². The van der Waals surface area contributed by atoms with Crippen LogP contribution in [0.25, 0.3) is 33.4 Å². The van der Waals surface area contributed by atoms with Gasteiger partial charge in [0.05, 0.1) is 17.4 Å². The summed E-state index contributed by atoms with van der Waals surface area (Å²) in [7, 11) is 0. The second-order valence-electron chi connectivity index (χ2n) is 17.8. The Kier molecular flexibility index (Phi) is 10.2. The molecular formula is C65H47N3. The highest BCUT2D eigenvalue weighted by atomic mass is 15.0. The van der Waals surface area contributed by atoms with E-state index < -0.39 is 10.8 Å². The van der Waals surface area contributed by atoms with E-state index in [1.54, 1.807) is 0 Å². The molecule has 0 amide bonds. The maximum absolute atomic E-state index is 6.84.